The summed E-state index contributed by atoms with van der Waals surface area (Å²) in [5.41, 5.74) is 1.50. The van der Waals surface area contributed by atoms with Crippen molar-refractivity contribution in [2.45, 2.75) is 0 Å². The van der Waals surface area contributed by atoms with Crippen LogP contribution in [0.4, 0.5) is 0 Å². The molecule has 5 rings (SSSR count). The topological polar surface area (TPSA) is 159 Å². The predicted octanol–water partition coefficient (Wildman–Crippen LogP) is -8.18. The van der Waals surface area contributed by atoms with Crippen LogP contribution in [0.15, 0.2) is 57.9 Å². The molecule has 0 radical (unpaired) electrons. The number of rotatable bonds is 4. The van der Waals surface area contributed by atoms with Crippen molar-refractivity contribution >= 4 is 46.5 Å². The number of amides is 1. The van der Waals surface area contributed by atoms with Gasteiger partial charge >= 0.3 is 59.1 Å². The number of aromatic amines is 1. The zero-order chi connectivity index (χ0) is 23.3. The number of aromatic hydroxyl groups is 1. The monoisotopic (exact) mass is 486 g/mol. The van der Waals surface area contributed by atoms with Gasteiger partial charge in [0.15, 0.2) is 5.88 Å². The molecule has 9 nitrogen and oxygen atoms in total. The third kappa shape index (κ3) is 5.06. The normalized spacial score (nSPS) is 13.3. The van der Waals surface area contributed by atoms with Gasteiger partial charge in [0.25, 0.3) is 5.91 Å². The number of hydrogen-bond acceptors (Lipinski definition) is 7. The Labute approximate surface area is 240 Å². The fourth-order valence-corrected chi connectivity index (χ4v) is 3.68. The first kappa shape index (κ1) is 26.7. The van der Waals surface area contributed by atoms with Gasteiger partial charge in [0.2, 0.25) is 0 Å². The van der Waals surface area contributed by atoms with Gasteiger partial charge in [0.05, 0.1) is 22.9 Å². The molecule has 0 bridgehead atoms. The van der Waals surface area contributed by atoms with Gasteiger partial charge in [-0.1, -0.05) is 12.1 Å². The van der Waals surface area contributed by atoms with Gasteiger partial charge in [-0.05, 0) is 59.7 Å². The second-order valence-corrected chi connectivity index (χ2v) is 7.31. The Morgan fingerprint density at radius 2 is 1.54 bits per heavy atom. The number of nitrogens with one attached hydrogen (secondary N) is 1. The van der Waals surface area contributed by atoms with Crippen LogP contribution in [0.3, 0.4) is 0 Å². The maximum Gasteiger partial charge on any atom is 1.00 e. The summed E-state index contributed by atoms with van der Waals surface area (Å²) in [4.78, 5) is 41.3. The average molecular weight is 486 g/mol. The summed E-state index contributed by atoms with van der Waals surface area (Å²) in [6.07, 6.45) is 2.95. The Hall–Kier alpha value is -2.92. The first-order valence-electron chi connectivity index (χ1n) is 9.64. The maximum atomic E-state index is 12.3. The standard InChI is InChI=1S/C24H14N2O7.2Na/c27-21-17(15-7-11(23(29)30)1-5-19(15)25-21)9-13-3-4-14(33-13)10-18-16-8-12(24(31)32)2-6-20(16)26-22(18)28;;/h1-10,25,27H,(H,29,30)(H,31,32);;/q;2*+1/p-2/b13-9-,14-10+;;. The zero-order valence-corrected chi connectivity index (χ0v) is 22.6. The summed E-state index contributed by atoms with van der Waals surface area (Å²) >= 11 is 0. The van der Waals surface area contributed by atoms with Gasteiger partial charge < -0.3 is 34.3 Å². The molecule has 1 amide bonds. The molecule has 4 aromatic rings. The van der Waals surface area contributed by atoms with E-state index in [1.54, 1.807) is 12.1 Å². The second kappa shape index (κ2) is 10.4. The predicted molar refractivity (Wildman–Crippen MR) is 110 cm³/mol. The minimum Gasteiger partial charge on any atom is -0.545 e. The van der Waals surface area contributed by atoms with Crippen LogP contribution in [-0.4, -0.2) is 27.9 Å². The molecular formula is C24H12N2Na2O7. The van der Waals surface area contributed by atoms with Crippen LogP contribution in [0.25, 0.3) is 28.6 Å². The van der Waals surface area contributed by atoms with Gasteiger partial charge in [0.1, 0.15) is 10.8 Å². The molecule has 0 atom stereocenters. The van der Waals surface area contributed by atoms with Crippen molar-refractivity contribution in [1.29, 1.82) is 0 Å². The van der Waals surface area contributed by atoms with Crippen molar-refractivity contribution < 1.29 is 93.2 Å². The van der Waals surface area contributed by atoms with Gasteiger partial charge in [-0.15, -0.1) is 0 Å². The summed E-state index contributed by atoms with van der Waals surface area (Å²) in [6, 6.07) is 11.5. The van der Waals surface area contributed by atoms with E-state index < -0.39 is 17.8 Å². The van der Waals surface area contributed by atoms with Gasteiger partial charge in [-0.2, -0.15) is 0 Å². The van der Waals surface area contributed by atoms with Crippen LogP contribution in [0.1, 0.15) is 26.3 Å². The Kier molecular flexibility index (Phi) is 7.90. The fraction of sp³-hybridized carbons (Fsp3) is 0. The average Bonchev–Trinajstić information content (AvgIpc) is 3.44. The van der Waals surface area contributed by atoms with Crippen molar-refractivity contribution in [2.24, 2.45) is 4.99 Å². The van der Waals surface area contributed by atoms with E-state index in [9.17, 15) is 29.7 Å². The van der Waals surface area contributed by atoms with Gasteiger partial charge in [-0.25, -0.2) is 4.99 Å². The molecular weight excluding hydrogens is 474 g/mol. The molecule has 2 N–H and O–H groups in total. The largest absolute Gasteiger partial charge is 1.00 e. The van der Waals surface area contributed by atoms with Crippen LogP contribution < -0.4 is 90.7 Å². The number of carbonyl (C=O) groups is 3. The number of furan rings is 1. The Bertz CT molecular complexity index is 1770. The van der Waals surface area contributed by atoms with Gasteiger partial charge in [-0.3, -0.25) is 4.79 Å². The fourth-order valence-electron chi connectivity index (χ4n) is 3.68. The van der Waals surface area contributed by atoms with Crippen LogP contribution in [0.2, 0.25) is 0 Å². The van der Waals surface area contributed by atoms with Crippen molar-refractivity contribution in [3.63, 3.8) is 0 Å². The van der Waals surface area contributed by atoms with E-state index in [0.717, 1.165) is 0 Å². The van der Waals surface area contributed by atoms with Crippen molar-refractivity contribution in [3.05, 3.63) is 86.6 Å². The number of fused-ring (bicyclic) bond motifs is 2. The molecule has 3 heterocycles. The van der Waals surface area contributed by atoms with E-state index in [1.165, 1.54) is 48.6 Å². The molecule has 0 aliphatic carbocycles. The smallest absolute Gasteiger partial charge is 0.545 e. The molecule has 1 aliphatic rings. The van der Waals surface area contributed by atoms with Crippen molar-refractivity contribution in [3.8, 4) is 5.88 Å². The Morgan fingerprint density at radius 3 is 2.23 bits per heavy atom. The van der Waals surface area contributed by atoms with Gasteiger partial charge in [0, 0.05) is 21.7 Å². The summed E-state index contributed by atoms with van der Waals surface area (Å²) in [5.74, 6) is -3.42. The second-order valence-electron chi connectivity index (χ2n) is 7.31. The molecule has 1 aliphatic heterocycles. The minimum absolute atomic E-state index is 0. The van der Waals surface area contributed by atoms with Crippen LogP contribution >= 0.6 is 0 Å². The number of carbonyl (C=O) groups excluding carboxylic acids is 3. The molecule has 2 aromatic heterocycles. The third-order valence-electron chi connectivity index (χ3n) is 5.25. The number of hydrogen-bond donors (Lipinski definition) is 2. The van der Waals surface area contributed by atoms with E-state index in [4.69, 9.17) is 4.42 Å². The van der Waals surface area contributed by atoms with Crippen molar-refractivity contribution in [2.75, 3.05) is 0 Å². The quantitative estimate of drug-likeness (QED) is 0.271. The third-order valence-corrected chi connectivity index (χ3v) is 5.25. The Balaban J connectivity index is 0.00000171. The van der Waals surface area contributed by atoms with Crippen LogP contribution in [0, 0.1) is 0 Å². The number of nitrogens with zero attached hydrogens (tertiary/aromatic N) is 1. The first-order chi connectivity index (χ1) is 15.8. The molecule has 0 saturated heterocycles. The number of benzene rings is 2. The Morgan fingerprint density at radius 1 is 0.914 bits per heavy atom. The van der Waals surface area contributed by atoms with E-state index in [2.05, 4.69) is 9.98 Å². The molecule has 11 heteroatoms. The van der Waals surface area contributed by atoms with E-state index in [-0.39, 0.29) is 81.7 Å². The summed E-state index contributed by atoms with van der Waals surface area (Å²) in [7, 11) is 0. The number of aromatic carboxylic acids is 2. The molecule has 35 heavy (non-hydrogen) atoms. The summed E-state index contributed by atoms with van der Waals surface area (Å²) < 4.78 is 5.73. The summed E-state index contributed by atoms with van der Waals surface area (Å²) in [5, 5.41) is 33.7. The van der Waals surface area contributed by atoms with E-state index in [0.29, 0.717) is 37.9 Å². The summed E-state index contributed by atoms with van der Waals surface area (Å²) in [6.45, 7) is 0. The first-order valence-corrected chi connectivity index (χ1v) is 9.64. The maximum absolute atomic E-state index is 12.3. The molecule has 0 fully saturated rings. The number of carboxylic acid groups (broad SMARTS) is 2. The van der Waals surface area contributed by atoms with E-state index >= 15 is 0 Å². The number of carboxylic acids is 2. The van der Waals surface area contributed by atoms with Crippen LogP contribution in [-0.2, 0) is 4.79 Å². The molecule has 0 spiro atoms. The van der Waals surface area contributed by atoms with Crippen molar-refractivity contribution in [1.82, 2.24) is 4.98 Å². The SMILES string of the molecule is O=C1N=c2ccc(C(=O)[O-])cc2=C1/C=c1\cc/c(=C/c2c(O)[nH]c3ccc(C(=O)[O-])cc23)o1.[Na+].[Na+]. The van der Waals surface area contributed by atoms with Crippen LogP contribution in [0.5, 0.6) is 5.88 Å². The zero-order valence-electron chi connectivity index (χ0n) is 18.6. The minimum atomic E-state index is -1.37. The number of aromatic nitrogens is 1. The molecule has 0 unspecified atom stereocenters. The molecule has 2 aromatic carbocycles. The molecule has 0 saturated carbocycles. The molecule has 162 valence electrons. The number of H-pyrrole nitrogens is 1. The van der Waals surface area contributed by atoms with E-state index in [1.807, 2.05) is 0 Å².